The van der Waals surface area contributed by atoms with E-state index in [-0.39, 0.29) is 12.3 Å². The fourth-order valence-corrected chi connectivity index (χ4v) is 5.22. The van der Waals surface area contributed by atoms with Crippen LogP contribution < -0.4 is 0 Å². The first kappa shape index (κ1) is 22.1. The summed E-state index contributed by atoms with van der Waals surface area (Å²) in [6, 6.07) is 9.79. The fraction of sp³-hybridized carbons (Fsp3) is 0.600. The van der Waals surface area contributed by atoms with Gasteiger partial charge in [-0.15, -0.1) is 13.2 Å². The van der Waals surface area contributed by atoms with Crippen LogP contribution in [0.5, 0.6) is 0 Å². The van der Waals surface area contributed by atoms with Gasteiger partial charge in [-0.2, -0.15) is 0 Å². The van der Waals surface area contributed by atoms with E-state index in [9.17, 15) is 13.2 Å². The number of rotatable bonds is 7. The Morgan fingerprint density at radius 1 is 1.10 bits per heavy atom. The number of hydrogen-bond acceptors (Lipinski definition) is 1. The van der Waals surface area contributed by atoms with Gasteiger partial charge in [0.2, 0.25) is 0 Å². The Balaban J connectivity index is 1.69. The maximum absolute atomic E-state index is 13.3. The molecular weight excluding hydrogens is 373 g/mol. The molecule has 0 heterocycles. The van der Waals surface area contributed by atoms with Gasteiger partial charge in [0.25, 0.3) is 0 Å². The van der Waals surface area contributed by atoms with Crippen LogP contribution in [0.3, 0.4) is 0 Å². The number of hydrogen-bond donors (Lipinski definition) is 0. The molecule has 1 saturated carbocycles. The molecule has 1 fully saturated rings. The lowest BCUT2D eigenvalue weighted by Crippen LogP contribution is -2.45. The van der Waals surface area contributed by atoms with Crippen molar-refractivity contribution >= 4 is 5.57 Å². The minimum Gasteiger partial charge on any atom is -0.280 e. The molecule has 29 heavy (non-hydrogen) atoms. The number of ether oxygens (including phenoxy) is 1. The van der Waals surface area contributed by atoms with E-state index >= 15 is 0 Å². The monoisotopic (exact) mass is 406 g/mol. The van der Waals surface area contributed by atoms with E-state index < -0.39 is 12.0 Å². The Kier molecular flexibility index (Phi) is 7.26. The topological polar surface area (TPSA) is 9.23 Å². The lowest BCUT2D eigenvalue weighted by molar-refractivity contribution is -0.366. The Morgan fingerprint density at radius 2 is 1.79 bits per heavy atom. The molecule has 0 bridgehead atoms. The first-order valence-electron chi connectivity index (χ1n) is 11.0. The summed E-state index contributed by atoms with van der Waals surface area (Å²) in [5, 5.41) is 0. The lowest BCUT2D eigenvalue weighted by atomic mass is 9.69. The highest BCUT2D eigenvalue weighted by molar-refractivity contribution is 5.75. The van der Waals surface area contributed by atoms with Crippen LogP contribution in [0.2, 0.25) is 0 Å². The van der Waals surface area contributed by atoms with Crippen LogP contribution in [-0.2, 0) is 4.74 Å². The Bertz CT molecular complexity index is 699. The summed E-state index contributed by atoms with van der Waals surface area (Å²) in [6.45, 7) is 4.50. The number of allylic oxidation sites excluding steroid dienone is 2. The second-order valence-electron chi connectivity index (χ2n) is 8.91. The number of alkyl halides is 3. The smallest absolute Gasteiger partial charge is 0.280 e. The molecule has 0 saturated heterocycles. The van der Waals surface area contributed by atoms with Crippen molar-refractivity contribution < 1.29 is 17.9 Å². The summed E-state index contributed by atoms with van der Waals surface area (Å²) in [4.78, 5) is 0. The molecule has 2 aliphatic rings. The summed E-state index contributed by atoms with van der Waals surface area (Å²) in [5.41, 5.74) is 0.725. The van der Waals surface area contributed by atoms with Crippen molar-refractivity contribution in [1.82, 2.24) is 0 Å². The zero-order chi connectivity index (χ0) is 20.9. The van der Waals surface area contributed by atoms with Crippen LogP contribution >= 0.6 is 0 Å². The van der Waals surface area contributed by atoms with Crippen LogP contribution in [0.1, 0.15) is 70.8 Å². The summed E-state index contributed by atoms with van der Waals surface area (Å²) < 4.78 is 44.8. The molecule has 0 radical (unpaired) electrons. The van der Waals surface area contributed by atoms with Gasteiger partial charge in [-0.05, 0) is 54.6 Å². The Hall–Kier alpha value is -1.55. The number of benzene rings is 1. The van der Waals surface area contributed by atoms with Gasteiger partial charge in [-0.3, -0.25) is 4.74 Å². The highest BCUT2D eigenvalue weighted by Gasteiger charge is 2.48. The molecule has 2 aliphatic carbocycles. The van der Waals surface area contributed by atoms with Gasteiger partial charge in [-0.1, -0.05) is 88.1 Å². The first-order chi connectivity index (χ1) is 13.8. The molecule has 0 N–H and O–H groups in total. The minimum atomic E-state index is -4.63. The van der Waals surface area contributed by atoms with E-state index in [0.717, 1.165) is 36.8 Å². The molecule has 2 unspecified atom stereocenters. The average Bonchev–Trinajstić information content (AvgIpc) is 2.69. The van der Waals surface area contributed by atoms with Crippen molar-refractivity contribution in [2.75, 3.05) is 0 Å². The van der Waals surface area contributed by atoms with Gasteiger partial charge >= 0.3 is 6.36 Å². The van der Waals surface area contributed by atoms with Crippen LogP contribution in [0.15, 0.2) is 48.6 Å². The molecule has 160 valence electrons. The van der Waals surface area contributed by atoms with Crippen LogP contribution in [0.4, 0.5) is 13.2 Å². The third-order valence-corrected chi connectivity index (χ3v) is 6.65. The predicted octanol–water partition coefficient (Wildman–Crippen LogP) is 7.94. The molecule has 4 heteroatoms. The highest BCUT2D eigenvalue weighted by atomic mass is 19.4. The summed E-state index contributed by atoms with van der Waals surface area (Å²) in [5.74, 6) is 1.25. The Labute approximate surface area is 173 Å². The largest absolute Gasteiger partial charge is 0.523 e. The van der Waals surface area contributed by atoms with E-state index in [2.05, 4.69) is 13.8 Å². The molecule has 0 amide bonds. The van der Waals surface area contributed by atoms with Gasteiger partial charge in [0.1, 0.15) is 5.60 Å². The molecule has 2 atom stereocenters. The molecule has 0 aliphatic heterocycles. The maximum atomic E-state index is 13.3. The van der Waals surface area contributed by atoms with Crippen molar-refractivity contribution in [2.24, 2.45) is 17.8 Å². The van der Waals surface area contributed by atoms with Crippen molar-refractivity contribution in [3.05, 3.63) is 54.1 Å². The number of halogens is 3. The first-order valence-corrected chi connectivity index (χ1v) is 11.0. The van der Waals surface area contributed by atoms with Gasteiger partial charge in [-0.25, -0.2) is 0 Å². The second kappa shape index (κ2) is 9.51. The van der Waals surface area contributed by atoms with E-state index in [1.54, 1.807) is 6.08 Å². The summed E-state index contributed by atoms with van der Waals surface area (Å²) in [7, 11) is 0. The lowest BCUT2D eigenvalue weighted by Gasteiger charge is -2.43. The molecule has 1 aromatic rings. The maximum Gasteiger partial charge on any atom is 0.523 e. The molecule has 1 aromatic carbocycles. The van der Waals surface area contributed by atoms with Gasteiger partial charge in [0.15, 0.2) is 0 Å². The molecule has 0 aromatic heterocycles. The predicted molar refractivity (Wildman–Crippen MR) is 112 cm³/mol. The van der Waals surface area contributed by atoms with Gasteiger partial charge in [0, 0.05) is 0 Å². The zero-order valence-electron chi connectivity index (χ0n) is 17.5. The van der Waals surface area contributed by atoms with E-state index in [4.69, 9.17) is 4.74 Å². The molecular formula is C25H33F3O. The highest BCUT2D eigenvalue weighted by Crippen LogP contribution is 2.46. The molecule has 1 nitrogen and oxygen atoms in total. The van der Waals surface area contributed by atoms with Crippen molar-refractivity contribution in [3.63, 3.8) is 0 Å². The van der Waals surface area contributed by atoms with E-state index in [0.29, 0.717) is 11.8 Å². The van der Waals surface area contributed by atoms with Crippen molar-refractivity contribution in [3.8, 4) is 0 Å². The minimum absolute atomic E-state index is 0.0910. The van der Waals surface area contributed by atoms with Crippen LogP contribution in [0.25, 0.3) is 5.57 Å². The third kappa shape index (κ3) is 5.97. The van der Waals surface area contributed by atoms with Gasteiger partial charge < -0.3 is 0 Å². The van der Waals surface area contributed by atoms with Crippen LogP contribution in [-0.4, -0.2) is 12.0 Å². The summed E-state index contributed by atoms with van der Waals surface area (Å²) >= 11 is 0. The molecule has 3 rings (SSSR count). The van der Waals surface area contributed by atoms with Gasteiger partial charge in [0.05, 0.1) is 0 Å². The third-order valence-electron chi connectivity index (χ3n) is 6.65. The standard InChI is InChI=1S/C25H33F3O/c1-3-7-19(2)18-20-10-12-23(13-11-20)24(29-25(26,27)28)16-14-22(15-17-24)21-8-5-4-6-9-21/h4-6,8-9,14-16,19-20,23H,3,7,10-13,17-18H2,1-2H3. The van der Waals surface area contributed by atoms with E-state index in [1.165, 1.54) is 19.3 Å². The second-order valence-corrected chi connectivity index (χ2v) is 8.91. The summed E-state index contributed by atoms with van der Waals surface area (Å²) in [6.07, 6.45) is 8.30. The Morgan fingerprint density at radius 3 is 2.34 bits per heavy atom. The van der Waals surface area contributed by atoms with E-state index in [1.807, 2.05) is 42.5 Å². The average molecular weight is 407 g/mol. The van der Waals surface area contributed by atoms with Crippen molar-refractivity contribution in [1.29, 1.82) is 0 Å². The fourth-order valence-electron chi connectivity index (χ4n) is 5.22. The zero-order valence-corrected chi connectivity index (χ0v) is 17.5. The quantitative estimate of drug-likeness (QED) is 0.446. The normalized spacial score (nSPS) is 28.8. The van der Waals surface area contributed by atoms with Crippen molar-refractivity contribution in [2.45, 2.75) is 77.2 Å². The van der Waals surface area contributed by atoms with Crippen LogP contribution in [0, 0.1) is 17.8 Å². The SMILES string of the molecule is CCCC(C)CC1CCC(C2(OC(F)(F)F)C=CC(c3ccccc3)=CC2)CC1. The molecule has 0 spiro atoms.